The highest BCUT2D eigenvalue weighted by molar-refractivity contribution is 7.99. The number of benzene rings is 3. The van der Waals surface area contributed by atoms with E-state index in [1.165, 1.54) is 17.1 Å². The molecule has 0 aliphatic carbocycles. The molecule has 8 nitrogen and oxygen atoms in total. The first kappa shape index (κ1) is 23.3. The summed E-state index contributed by atoms with van der Waals surface area (Å²) in [6, 6.07) is 28.0. The van der Waals surface area contributed by atoms with Crippen molar-refractivity contribution in [3.63, 3.8) is 0 Å². The monoisotopic (exact) mass is 493 g/mol. The van der Waals surface area contributed by atoms with Gasteiger partial charge in [0.1, 0.15) is 0 Å². The number of nitrogens with one attached hydrogen (secondary N) is 2. The van der Waals surface area contributed by atoms with E-state index in [0.29, 0.717) is 11.7 Å². The summed E-state index contributed by atoms with van der Waals surface area (Å²) in [7, 11) is 0. The number of rotatable bonds is 9. The Labute approximate surface area is 212 Å². The van der Waals surface area contributed by atoms with Crippen molar-refractivity contribution in [1.29, 1.82) is 0 Å². The number of fused-ring (bicyclic) bond motifs is 1. The number of hydrogen-bond acceptors (Lipinski definition) is 7. The summed E-state index contributed by atoms with van der Waals surface area (Å²) < 4.78 is 1.97. The molecule has 2 N–H and O–H groups in total. The van der Waals surface area contributed by atoms with E-state index in [1.807, 2.05) is 65.2 Å². The van der Waals surface area contributed by atoms with Gasteiger partial charge in [-0.05, 0) is 29.7 Å². The number of para-hydroxylation sites is 1. The summed E-state index contributed by atoms with van der Waals surface area (Å²) in [6.45, 7) is 0.470. The van der Waals surface area contributed by atoms with Gasteiger partial charge in [-0.15, -0.1) is 10.2 Å². The standard InChI is InChI=1S/C27H23N7OS/c35-26(32-30-17-20-8-7-15-28-16-20)19-36-27-33-31-25(34(27)22-11-2-1-3-12-22)18-29-24-14-6-10-21-9-4-5-13-23(21)24/h1-17,29H,18-19H2,(H,32,35)/b30-17+. The van der Waals surface area contributed by atoms with Gasteiger partial charge in [-0.2, -0.15) is 5.10 Å². The van der Waals surface area contributed by atoms with E-state index >= 15 is 0 Å². The van der Waals surface area contributed by atoms with Crippen LogP contribution in [0.1, 0.15) is 11.4 Å². The van der Waals surface area contributed by atoms with Gasteiger partial charge in [0, 0.05) is 34.7 Å². The number of carbonyl (C=O) groups is 1. The second-order valence-corrected chi connectivity index (χ2v) is 8.76. The lowest BCUT2D eigenvalue weighted by Gasteiger charge is -2.12. The molecular weight excluding hydrogens is 470 g/mol. The molecule has 178 valence electrons. The normalized spacial score (nSPS) is 11.1. The zero-order valence-electron chi connectivity index (χ0n) is 19.3. The number of anilines is 1. The van der Waals surface area contributed by atoms with E-state index in [0.717, 1.165) is 28.1 Å². The number of hydrazone groups is 1. The topological polar surface area (TPSA) is 97.1 Å². The van der Waals surface area contributed by atoms with Crippen molar-refractivity contribution in [3.05, 3.63) is 109 Å². The fourth-order valence-electron chi connectivity index (χ4n) is 3.69. The van der Waals surface area contributed by atoms with E-state index < -0.39 is 0 Å². The lowest BCUT2D eigenvalue weighted by Crippen LogP contribution is -2.20. The maximum absolute atomic E-state index is 12.4. The molecule has 5 aromatic rings. The highest BCUT2D eigenvalue weighted by Gasteiger charge is 2.16. The lowest BCUT2D eigenvalue weighted by molar-refractivity contribution is -0.118. The number of hydrogen-bond donors (Lipinski definition) is 2. The van der Waals surface area contributed by atoms with Crippen LogP contribution >= 0.6 is 11.8 Å². The molecule has 0 unspecified atom stereocenters. The molecule has 0 saturated carbocycles. The van der Waals surface area contributed by atoms with E-state index in [9.17, 15) is 4.79 Å². The van der Waals surface area contributed by atoms with Gasteiger partial charge in [0.15, 0.2) is 11.0 Å². The summed E-state index contributed by atoms with van der Waals surface area (Å²) >= 11 is 1.30. The number of amides is 1. The molecule has 5 rings (SSSR count). The van der Waals surface area contributed by atoms with Gasteiger partial charge in [0.2, 0.25) is 0 Å². The number of thioether (sulfide) groups is 1. The minimum atomic E-state index is -0.238. The number of pyridine rings is 1. The summed E-state index contributed by atoms with van der Waals surface area (Å²) in [4.78, 5) is 16.4. The smallest absolute Gasteiger partial charge is 0.250 e. The van der Waals surface area contributed by atoms with Crippen LogP contribution < -0.4 is 10.7 Å². The predicted octanol–water partition coefficient (Wildman–Crippen LogP) is 4.67. The van der Waals surface area contributed by atoms with Crippen molar-refractivity contribution in [3.8, 4) is 5.69 Å². The molecule has 1 amide bonds. The average molecular weight is 494 g/mol. The Hall–Kier alpha value is -4.50. The molecular formula is C27H23N7OS. The molecule has 2 aromatic heterocycles. The molecule has 0 aliphatic heterocycles. The van der Waals surface area contributed by atoms with Crippen LogP contribution in [0, 0.1) is 0 Å². The first-order valence-electron chi connectivity index (χ1n) is 11.3. The zero-order valence-corrected chi connectivity index (χ0v) is 20.1. The van der Waals surface area contributed by atoms with Crippen molar-refractivity contribution in [2.24, 2.45) is 5.10 Å². The van der Waals surface area contributed by atoms with Gasteiger partial charge in [-0.1, -0.05) is 72.4 Å². The molecule has 0 atom stereocenters. The van der Waals surface area contributed by atoms with Crippen molar-refractivity contribution >= 4 is 40.3 Å². The van der Waals surface area contributed by atoms with Gasteiger partial charge in [-0.3, -0.25) is 14.3 Å². The number of aromatic nitrogens is 4. The SMILES string of the molecule is O=C(CSc1nnc(CNc2cccc3ccccc23)n1-c1ccccc1)N/N=C/c1cccnc1. The Kier molecular flexibility index (Phi) is 7.29. The Balaban J connectivity index is 1.30. The van der Waals surface area contributed by atoms with Crippen molar-refractivity contribution in [1.82, 2.24) is 25.2 Å². The Morgan fingerprint density at radius 3 is 2.64 bits per heavy atom. The van der Waals surface area contributed by atoms with Crippen LogP contribution in [0.25, 0.3) is 16.5 Å². The Bertz CT molecular complexity index is 1480. The average Bonchev–Trinajstić information content (AvgIpc) is 3.34. The first-order valence-corrected chi connectivity index (χ1v) is 12.3. The van der Waals surface area contributed by atoms with Crippen LogP contribution in [0.3, 0.4) is 0 Å². The van der Waals surface area contributed by atoms with E-state index in [2.05, 4.69) is 55.3 Å². The third kappa shape index (κ3) is 5.59. The lowest BCUT2D eigenvalue weighted by atomic mass is 10.1. The van der Waals surface area contributed by atoms with Crippen LogP contribution in [-0.4, -0.2) is 37.6 Å². The van der Waals surface area contributed by atoms with Crippen molar-refractivity contribution < 1.29 is 4.79 Å². The van der Waals surface area contributed by atoms with Gasteiger partial charge < -0.3 is 5.32 Å². The van der Waals surface area contributed by atoms with E-state index in [4.69, 9.17) is 0 Å². The van der Waals surface area contributed by atoms with Crippen molar-refractivity contribution in [2.75, 3.05) is 11.1 Å². The summed E-state index contributed by atoms with van der Waals surface area (Å²) in [5.74, 6) is 0.649. The molecule has 0 saturated heterocycles. The quantitative estimate of drug-likeness (QED) is 0.176. The van der Waals surface area contributed by atoms with Gasteiger partial charge in [-0.25, -0.2) is 5.43 Å². The Morgan fingerprint density at radius 2 is 1.78 bits per heavy atom. The Morgan fingerprint density at radius 1 is 0.944 bits per heavy atom. The summed E-state index contributed by atoms with van der Waals surface area (Å²) in [5.41, 5.74) is 5.30. The molecule has 2 heterocycles. The maximum atomic E-state index is 12.4. The second kappa shape index (κ2) is 11.3. The van der Waals surface area contributed by atoms with Gasteiger partial charge in [0.25, 0.3) is 5.91 Å². The van der Waals surface area contributed by atoms with Crippen LogP contribution in [0.4, 0.5) is 5.69 Å². The number of nitrogens with zero attached hydrogens (tertiary/aromatic N) is 5. The summed E-state index contributed by atoms with van der Waals surface area (Å²) in [6.07, 6.45) is 4.90. The van der Waals surface area contributed by atoms with Crippen LogP contribution in [-0.2, 0) is 11.3 Å². The minimum Gasteiger partial charge on any atom is -0.377 e. The highest BCUT2D eigenvalue weighted by atomic mass is 32.2. The van der Waals surface area contributed by atoms with Crippen LogP contribution in [0.15, 0.2) is 108 Å². The molecule has 3 aromatic carbocycles. The summed E-state index contributed by atoms with van der Waals surface area (Å²) in [5, 5.41) is 19.2. The molecule has 36 heavy (non-hydrogen) atoms. The van der Waals surface area contributed by atoms with Gasteiger partial charge >= 0.3 is 0 Å². The predicted molar refractivity (Wildman–Crippen MR) is 143 cm³/mol. The van der Waals surface area contributed by atoms with E-state index in [-0.39, 0.29) is 11.7 Å². The zero-order chi connectivity index (χ0) is 24.6. The molecule has 0 fully saturated rings. The van der Waals surface area contributed by atoms with E-state index in [1.54, 1.807) is 18.6 Å². The molecule has 9 heteroatoms. The van der Waals surface area contributed by atoms with Crippen LogP contribution in [0.2, 0.25) is 0 Å². The molecule has 0 bridgehead atoms. The van der Waals surface area contributed by atoms with Gasteiger partial charge in [0.05, 0.1) is 18.5 Å². The highest BCUT2D eigenvalue weighted by Crippen LogP contribution is 2.25. The second-order valence-electron chi connectivity index (χ2n) is 7.82. The maximum Gasteiger partial charge on any atom is 0.250 e. The number of carbonyl (C=O) groups excluding carboxylic acids is 1. The first-order chi connectivity index (χ1) is 17.8. The molecule has 0 aliphatic rings. The third-order valence-corrected chi connectivity index (χ3v) is 6.29. The third-order valence-electron chi connectivity index (χ3n) is 5.36. The molecule has 0 spiro atoms. The fraction of sp³-hybridized carbons (Fsp3) is 0.0741. The minimum absolute atomic E-state index is 0.145. The molecule has 0 radical (unpaired) electrons. The van der Waals surface area contributed by atoms with Crippen molar-refractivity contribution in [2.45, 2.75) is 11.7 Å². The largest absolute Gasteiger partial charge is 0.377 e. The fourth-order valence-corrected chi connectivity index (χ4v) is 4.46. The van der Waals surface area contributed by atoms with Crippen LogP contribution in [0.5, 0.6) is 0 Å².